The molecule has 7 heteroatoms. The van der Waals surface area contributed by atoms with E-state index in [2.05, 4.69) is 15.0 Å². The van der Waals surface area contributed by atoms with Crippen molar-refractivity contribution in [3.8, 4) is 0 Å². The molecule has 0 atom stereocenters. The minimum absolute atomic E-state index is 0.0973. The normalized spacial score (nSPS) is 11.0. The summed E-state index contributed by atoms with van der Waals surface area (Å²) in [7, 11) is 0. The van der Waals surface area contributed by atoms with Crippen LogP contribution in [0.3, 0.4) is 0 Å². The Morgan fingerprint density at radius 1 is 1.60 bits per heavy atom. The van der Waals surface area contributed by atoms with Crippen LogP contribution in [-0.2, 0) is 6.54 Å². The molecule has 80 valence electrons. The summed E-state index contributed by atoms with van der Waals surface area (Å²) in [4.78, 5) is 21.8. The van der Waals surface area contributed by atoms with E-state index in [-0.39, 0.29) is 11.5 Å². The molecule has 0 aliphatic rings. The maximum atomic E-state index is 11.4. The summed E-state index contributed by atoms with van der Waals surface area (Å²) >= 11 is 5.59. The first-order valence-corrected chi connectivity index (χ1v) is 5.02. The molecule has 0 spiro atoms. The lowest BCUT2D eigenvalue weighted by molar-refractivity contribution is 0.695. The lowest BCUT2D eigenvalue weighted by Gasteiger charge is -2.00. The average molecular weight is 228 g/mol. The average Bonchev–Trinajstić information content (AvgIpc) is 2.58. The minimum atomic E-state index is -0.317. The number of nitrogen functional groups attached to an aromatic ring is 1. The second-order valence-corrected chi connectivity index (χ2v) is 3.48. The molecule has 0 aliphatic heterocycles. The van der Waals surface area contributed by atoms with E-state index in [1.807, 2.05) is 0 Å². The number of aromatic amines is 1. The summed E-state index contributed by atoms with van der Waals surface area (Å²) in [6, 6.07) is 0. The summed E-state index contributed by atoms with van der Waals surface area (Å²) in [5.41, 5.74) is 5.94. The summed E-state index contributed by atoms with van der Waals surface area (Å²) in [5, 5.41) is 0. The molecular weight excluding hydrogens is 218 g/mol. The molecule has 0 unspecified atom stereocenters. The number of hydrogen-bond donors (Lipinski definition) is 2. The van der Waals surface area contributed by atoms with Gasteiger partial charge in [0.15, 0.2) is 11.2 Å². The number of alkyl halides is 1. The van der Waals surface area contributed by atoms with Gasteiger partial charge >= 0.3 is 0 Å². The number of H-pyrrole nitrogens is 1. The number of nitrogens with zero attached hydrogens (tertiary/aromatic N) is 3. The number of nitrogens with one attached hydrogen (secondary N) is 1. The van der Waals surface area contributed by atoms with E-state index in [0.29, 0.717) is 23.6 Å². The Morgan fingerprint density at radius 2 is 2.40 bits per heavy atom. The monoisotopic (exact) mass is 227 g/mol. The molecule has 0 aliphatic carbocycles. The molecule has 0 aromatic carbocycles. The van der Waals surface area contributed by atoms with Gasteiger partial charge in [-0.3, -0.25) is 9.78 Å². The zero-order valence-corrected chi connectivity index (χ0v) is 8.66. The van der Waals surface area contributed by atoms with Crippen LogP contribution in [0.2, 0.25) is 0 Å². The molecule has 0 amide bonds. The minimum Gasteiger partial charge on any atom is -0.369 e. The number of imidazole rings is 1. The number of fused-ring (bicyclic) bond motifs is 1. The largest absolute Gasteiger partial charge is 0.369 e. The Morgan fingerprint density at radius 3 is 3.13 bits per heavy atom. The Balaban J connectivity index is 2.53. The van der Waals surface area contributed by atoms with Gasteiger partial charge in [-0.05, 0) is 6.42 Å². The molecule has 2 rings (SSSR count). The van der Waals surface area contributed by atoms with Crippen LogP contribution in [0.4, 0.5) is 5.95 Å². The van der Waals surface area contributed by atoms with Crippen molar-refractivity contribution in [3.05, 3.63) is 16.7 Å². The SMILES string of the molecule is Nc1nc2c(ncn2CCCCl)c(=O)[nH]1. The van der Waals surface area contributed by atoms with E-state index in [4.69, 9.17) is 17.3 Å². The number of rotatable bonds is 3. The van der Waals surface area contributed by atoms with Gasteiger partial charge in [0.05, 0.1) is 6.33 Å². The molecule has 0 radical (unpaired) electrons. The van der Waals surface area contributed by atoms with Crippen LogP contribution >= 0.6 is 11.6 Å². The maximum Gasteiger partial charge on any atom is 0.280 e. The van der Waals surface area contributed by atoms with E-state index < -0.39 is 0 Å². The van der Waals surface area contributed by atoms with Crippen LogP contribution in [0.25, 0.3) is 11.2 Å². The van der Waals surface area contributed by atoms with Crippen molar-refractivity contribution in [1.82, 2.24) is 19.5 Å². The first kappa shape index (κ1) is 9.97. The molecule has 15 heavy (non-hydrogen) atoms. The van der Waals surface area contributed by atoms with Crippen molar-refractivity contribution in [2.24, 2.45) is 0 Å². The number of aryl methyl sites for hydroxylation is 1. The molecule has 2 aromatic heterocycles. The fourth-order valence-electron chi connectivity index (χ4n) is 1.36. The van der Waals surface area contributed by atoms with Gasteiger partial charge in [-0.1, -0.05) is 0 Å². The number of anilines is 1. The van der Waals surface area contributed by atoms with Gasteiger partial charge in [0.1, 0.15) is 0 Å². The van der Waals surface area contributed by atoms with Crippen molar-refractivity contribution in [2.45, 2.75) is 13.0 Å². The summed E-state index contributed by atoms with van der Waals surface area (Å²) in [6.45, 7) is 0.676. The summed E-state index contributed by atoms with van der Waals surface area (Å²) in [6.07, 6.45) is 2.36. The zero-order chi connectivity index (χ0) is 10.8. The van der Waals surface area contributed by atoms with Crippen LogP contribution in [0, 0.1) is 0 Å². The summed E-state index contributed by atoms with van der Waals surface area (Å²) < 4.78 is 1.77. The molecular formula is C8H10ClN5O. The van der Waals surface area contributed by atoms with Crippen LogP contribution in [-0.4, -0.2) is 25.4 Å². The zero-order valence-electron chi connectivity index (χ0n) is 7.90. The fraction of sp³-hybridized carbons (Fsp3) is 0.375. The highest BCUT2D eigenvalue weighted by Gasteiger charge is 2.08. The highest BCUT2D eigenvalue weighted by molar-refractivity contribution is 6.17. The summed E-state index contributed by atoms with van der Waals surface area (Å²) in [5.74, 6) is 0.651. The Kier molecular flexibility index (Phi) is 2.59. The van der Waals surface area contributed by atoms with Gasteiger partial charge < -0.3 is 10.3 Å². The van der Waals surface area contributed by atoms with Crippen LogP contribution in [0.1, 0.15) is 6.42 Å². The molecule has 3 N–H and O–H groups in total. The van der Waals surface area contributed by atoms with E-state index >= 15 is 0 Å². The first-order chi connectivity index (χ1) is 7.22. The maximum absolute atomic E-state index is 11.4. The topological polar surface area (TPSA) is 89.6 Å². The van der Waals surface area contributed by atoms with Gasteiger partial charge in [-0.2, -0.15) is 4.98 Å². The third-order valence-corrected chi connectivity index (χ3v) is 2.29. The standard InChI is InChI=1S/C8H10ClN5O/c9-2-1-3-14-4-11-5-6(14)12-8(10)13-7(5)15/h4H,1-3H2,(H3,10,12,13,15). The first-order valence-electron chi connectivity index (χ1n) is 4.49. The highest BCUT2D eigenvalue weighted by atomic mass is 35.5. The van der Waals surface area contributed by atoms with Gasteiger partial charge in [0.2, 0.25) is 5.95 Å². The van der Waals surface area contributed by atoms with Crippen LogP contribution in [0.15, 0.2) is 11.1 Å². The van der Waals surface area contributed by atoms with E-state index in [0.717, 1.165) is 6.42 Å². The lowest BCUT2D eigenvalue weighted by Crippen LogP contribution is -2.12. The number of halogens is 1. The fourth-order valence-corrected chi connectivity index (χ4v) is 1.48. The Bertz CT molecular complexity index is 531. The number of hydrogen-bond acceptors (Lipinski definition) is 4. The molecule has 6 nitrogen and oxygen atoms in total. The van der Waals surface area contributed by atoms with Crippen molar-refractivity contribution in [2.75, 3.05) is 11.6 Å². The number of aromatic nitrogens is 4. The molecule has 0 bridgehead atoms. The predicted octanol–water partition coefficient (Wildman–Crippen LogP) is 0.331. The molecule has 0 saturated heterocycles. The predicted molar refractivity (Wildman–Crippen MR) is 57.9 cm³/mol. The third-order valence-electron chi connectivity index (χ3n) is 2.03. The van der Waals surface area contributed by atoms with E-state index in [1.54, 1.807) is 10.9 Å². The quantitative estimate of drug-likeness (QED) is 0.740. The molecule has 0 fully saturated rings. The van der Waals surface area contributed by atoms with Crippen molar-refractivity contribution in [1.29, 1.82) is 0 Å². The lowest BCUT2D eigenvalue weighted by atomic mass is 10.4. The Hall–Kier alpha value is -1.56. The van der Waals surface area contributed by atoms with E-state index in [9.17, 15) is 4.79 Å². The number of nitrogens with two attached hydrogens (primary N) is 1. The molecule has 2 heterocycles. The smallest absolute Gasteiger partial charge is 0.280 e. The second kappa shape index (κ2) is 3.90. The van der Waals surface area contributed by atoms with Crippen LogP contribution in [0.5, 0.6) is 0 Å². The van der Waals surface area contributed by atoms with E-state index in [1.165, 1.54) is 0 Å². The Labute approximate surface area is 90.1 Å². The van der Waals surface area contributed by atoms with Crippen molar-refractivity contribution in [3.63, 3.8) is 0 Å². The molecule has 0 saturated carbocycles. The highest BCUT2D eigenvalue weighted by Crippen LogP contribution is 2.07. The van der Waals surface area contributed by atoms with Crippen molar-refractivity contribution < 1.29 is 0 Å². The van der Waals surface area contributed by atoms with Gasteiger partial charge in [0.25, 0.3) is 5.56 Å². The second-order valence-electron chi connectivity index (χ2n) is 3.10. The third kappa shape index (κ3) is 1.80. The molecule has 2 aromatic rings. The van der Waals surface area contributed by atoms with Gasteiger partial charge in [-0.25, -0.2) is 4.98 Å². The van der Waals surface area contributed by atoms with Gasteiger partial charge in [-0.15, -0.1) is 11.6 Å². The van der Waals surface area contributed by atoms with Crippen LogP contribution < -0.4 is 11.3 Å². The van der Waals surface area contributed by atoms with Gasteiger partial charge in [0, 0.05) is 12.4 Å². The van der Waals surface area contributed by atoms with Crippen molar-refractivity contribution >= 4 is 28.7 Å².